The number of benzene rings is 1. The average Bonchev–Trinajstić information content (AvgIpc) is 3.06. The van der Waals surface area contributed by atoms with Crippen LogP contribution in [-0.2, 0) is 11.2 Å². The van der Waals surface area contributed by atoms with Crippen LogP contribution in [0.1, 0.15) is 25.2 Å². The van der Waals surface area contributed by atoms with Crippen LogP contribution in [0.5, 0.6) is 0 Å². The van der Waals surface area contributed by atoms with Crippen LogP contribution in [-0.4, -0.2) is 51.6 Å². The van der Waals surface area contributed by atoms with Gasteiger partial charge in [-0.25, -0.2) is 9.37 Å². The van der Waals surface area contributed by atoms with E-state index in [1.165, 1.54) is 12.1 Å². The van der Waals surface area contributed by atoms with Gasteiger partial charge in [0, 0.05) is 50.4 Å². The van der Waals surface area contributed by atoms with Crippen molar-refractivity contribution in [3.05, 3.63) is 47.5 Å². The molecule has 28 heavy (non-hydrogen) atoms. The van der Waals surface area contributed by atoms with Crippen molar-refractivity contribution in [1.82, 2.24) is 19.5 Å². The summed E-state index contributed by atoms with van der Waals surface area (Å²) in [5.41, 5.74) is 4.50. The minimum absolute atomic E-state index is 0.113. The van der Waals surface area contributed by atoms with E-state index < -0.39 is 0 Å². The van der Waals surface area contributed by atoms with Crippen molar-refractivity contribution in [3.8, 4) is 11.1 Å². The fourth-order valence-electron chi connectivity index (χ4n) is 3.80. The Kier molecular flexibility index (Phi) is 4.75. The van der Waals surface area contributed by atoms with E-state index in [1.807, 2.05) is 22.4 Å². The number of nitrogens with zero attached hydrogens (tertiary/aromatic N) is 5. The highest BCUT2D eigenvalue weighted by atomic mass is 19.1. The molecular weight excluding hydrogens is 357 g/mol. The van der Waals surface area contributed by atoms with E-state index in [2.05, 4.69) is 11.8 Å². The lowest BCUT2D eigenvalue weighted by Gasteiger charge is -2.35. The molecule has 1 amide bonds. The van der Waals surface area contributed by atoms with Crippen molar-refractivity contribution in [2.45, 2.75) is 27.2 Å². The Bertz CT molecular complexity index is 1020. The Morgan fingerprint density at radius 3 is 2.43 bits per heavy atom. The van der Waals surface area contributed by atoms with Crippen LogP contribution in [0.15, 0.2) is 30.3 Å². The Labute approximate surface area is 163 Å². The first kappa shape index (κ1) is 18.4. The Morgan fingerprint density at radius 1 is 1.14 bits per heavy atom. The Hall–Kier alpha value is -2.96. The van der Waals surface area contributed by atoms with Gasteiger partial charge in [-0.3, -0.25) is 4.79 Å². The van der Waals surface area contributed by atoms with Crippen LogP contribution in [0.3, 0.4) is 0 Å². The summed E-state index contributed by atoms with van der Waals surface area (Å²) in [6.45, 7) is 8.56. The second-order valence-corrected chi connectivity index (χ2v) is 7.17. The van der Waals surface area contributed by atoms with E-state index >= 15 is 0 Å². The van der Waals surface area contributed by atoms with E-state index in [4.69, 9.17) is 10.1 Å². The van der Waals surface area contributed by atoms with E-state index in [-0.39, 0.29) is 11.7 Å². The van der Waals surface area contributed by atoms with Gasteiger partial charge < -0.3 is 9.80 Å². The molecule has 146 valence electrons. The number of piperazine rings is 1. The molecule has 0 bridgehead atoms. The minimum atomic E-state index is -0.258. The molecule has 1 fully saturated rings. The summed E-state index contributed by atoms with van der Waals surface area (Å²) < 4.78 is 15.3. The maximum Gasteiger partial charge on any atom is 0.219 e. The van der Waals surface area contributed by atoms with Gasteiger partial charge in [0.15, 0.2) is 5.65 Å². The number of halogens is 1. The third-order valence-corrected chi connectivity index (χ3v) is 5.29. The predicted octanol–water partition coefficient (Wildman–Crippen LogP) is 3.07. The van der Waals surface area contributed by atoms with Crippen LogP contribution in [0.4, 0.5) is 10.2 Å². The molecule has 0 atom stereocenters. The van der Waals surface area contributed by atoms with Crippen molar-refractivity contribution >= 4 is 17.4 Å². The van der Waals surface area contributed by atoms with Crippen LogP contribution >= 0.6 is 0 Å². The lowest BCUT2D eigenvalue weighted by Crippen LogP contribution is -2.48. The van der Waals surface area contributed by atoms with Gasteiger partial charge in [-0.2, -0.15) is 9.61 Å². The van der Waals surface area contributed by atoms with Crippen molar-refractivity contribution in [1.29, 1.82) is 0 Å². The van der Waals surface area contributed by atoms with E-state index in [9.17, 15) is 9.18 Å². The largest absolute Gasteiger partial charge is 0.353 e. The molecule has 0 unspecified atom stereocenters. The zero-order chi connectivity index (χ0) is 19.8. The maximum atomic E-state index is 13.4. The maximum absolute atomic E-state index is 13.4. The van der Waals surface area contributed by atoms with E-state index in [0.29, 0.717) is 13.1 Å². The van der Waals surface area contributed by atoms with Gasteiger partial charge in [0.2, 0.25) is 5.91 Å². The van der Waals surface area contributed by atoms with Crippen LogP contribution in [0.25, 0.3) is 16.8 Å². The van der Waals surface area contributed by atoms with E-state index in [0.717, 1.165) is 53.5 Å². The highest BCUT2D eigenvalue weighted by Gasteiger charge is 2.24. The topological polar surface area (TPSA) is 53.7 Å². The van der Waals surface area contributed by atoms with Gasteiger partial charge in [0.25, 0.3) is 0 Å². The van der Waals surface area contributed by atoms with Crippen LogP contribution < -0.4 is 4.90 Å². The fraction of sp³-hybridized carbons (Fsp3) is 0.381. The van der Waals surface area contributed by atoms with Gasteiger partial charge in [-0.15, -0.1) is 0 Å². The van der Waals surface area contributed by atoms with Gasteiger partial charge in [0.05, 0.1) is 5.69 Å². The quantitative estimate of drug-likeness (QED) is 0.700. The second kappa shape index (κ2) is 7.22. The summed E-state index contributed by atoms with van der Waals surface area (Å²) in [4.78, 5) is 20.5. The smallest absolute Gasteiger partial charge is 0.219 e. The third kappa shape index (κ3) is 3.21. The molecule has 1 saturated heterocycles. The normalized spacial score (nSPS) is 14.7. The Morgan fingerprint density at radius 2 is 1.82 bits per heavy atom. The van der Waals surface area contributed by atoms with Crippen molar-refractivity contribution in [2.75, 3.05) is 31.1 Å². The molecule has 1 aliphatic rings. The van der Waals surface area contributed by atoms with Gasteiger partial charge in [0.1, 0.15) is 11.6 Å². The number of carbonyl (C=O) groups is 1. The molecule has 7 heteroatoms. The first-order valence-electron chi connectivity index (χ1n) is 9.63. The van der Waals surface area contributed by atoms with Crippen LogP contribution in [0.2, 0.25) is 0 Å². The average molecular weight is 381 g/mol. The van der Waals surface area contributed by atoms with Gasteiger partial charge in [-0.05, 0) is 31.0 Å². The SMILES string of the molecule is CCc1nn2c(N3CCN(C(C)=O)CC3)cc(C)nc2c1-c1ccc(F)cc1. The highest BCUT2D eigenvalue weighted by Crippen LogP contribution is 2.31. The molecule has 3 aromatic rings. The lowest BCUT2D eigenvalue weighted by molar-refractivity contribution is -0.129. The molecule has 1 aromatic carbocycles. The molecular formula is C21H24FN5O. The molecule has 4 rings (SSSR count). The van der Waals surface area contributed by atoms with Crippen molar-refractivity contribution in [2.24, 2.45) is 0 Å². The van der Waals surface area contributed by atoms with Gasteiger partial charge in [-0.1, -0.05) is 19.1 Å². The standard InChI is InChI=1S/C21H24FN5O/c1-4-18-20(16-5-7-17(22)8-6-16)21-23-14(2)13-19(27(21)24-18)26-11-9-25(10-12-26)15(3)28/h5-8,13H,4,9-12H2,1-3H3. The summed E-state index contributed by atoms with van der Waals surface area (Å²) in [5.74, 6) is 0.835. The fourth-order valence-corrected chi connectivity index (χ4v) is 3.80. The Balaban J connectivity index is 1.81. The molecule has 1 aliphatic heterocycles. The highest BCUT2D eigenvalue weighted by molar-refractivity contribution is 5.81. The zero-order valence-corrected chi connectivity index (χ0v) is 16.4. The first-order valence-corrected chi connectivity index (χ1v) is 9.63. The third-order valence-electron chi connectivity index (χ3n) is 5.29. The first-order chi connectivity index (χ1) is 13.5. The summed E-state index contributed by atoms with van der Waals surface area (Å²) in [6, 6.07) is 8.53. The summed E-state index contributed by atoms with van der Waals surface area (Å²) in [7, 11) is 0. The summed E-state index contributed by atoms with van der Waals surface area (Å²) >= 11 is 0. The van der Waals surface area contributed by atoms with Crippen molar-refractivity contribution in [3.63, 3.8) is 0 Å². The predicted molar refractivity (Wildman–Crippen MR) is 107 cm³/mol. The monoisotopic (exact) mass is 381 g/mol. The summed E-state index contributed by atoms with van der Waals surface area (Å²) in [5, 5.41) is 4.84. The molecule has 2 aromatic heterocycles. The number of carbonyl (C=O) groups excluding carboxylic acids is 1. The number of anilines is 1. The van der Waals surface area contributed by atoms with E-state index in [1.54, 1.807) is 19.1 Å². The molecule has 3 heterocycles. The number of rotatable bonds is 3. The lowest BCUT2D eigenvalue weighted by atomic mass is 10.0. The number of aryl methyl sites for hydroxylation is 2. The molecule has 6 nitrogen and oxygen atoms in total. The van der Waals surface area contributed by atoms with Gasteiger partial charge >= 0.3 is 0 Å². The van der Waals surface area contributed by atoms with Crippen molar-refractivity contribution < 1.29 is 9.18 Å². The molecule has 0 N–H and O–H groups in total. The number of amides is 1. The van der Waals surface area contributed by atoms with Crippen LogP contribution in [0, 0.1) is 12.7 Å². The second-order valence-electron chi connectivity index (χ2n) is 7.17. The molecule has 0 aliphatic carbocycles. The number of hydrogen-bond donors (Lipinski definition) is 0. The molecule has 0 radical (unpaired) electrons. The zero-order valence-electron chi connectivity index (χ0n) is 16.4. The number of aromatic nitrogens is 3. The minimum Gasteiger partial charge on any atom is -0.353 e. The number of hydrogen-bond acceptors (Lipinski definition) is 4. The molecule has 0 saturated carbocycles. The number of fused-ring (bicyclic) bond motifs is 1. The summed E-state index contributed by atoms with van der Waals surface area (Å²) in [6.07, 6.45) is 0.757. The molecule has 0 spiro atoms.